The lowest BCUT2D eigenvalue weighted by Crippen LogP contribution is -2.18. The minimum Gasteiger partial charge on any atom is -0.383 e. The van der Waals surface area contributed by atoms with E-state index in [1.54, 1.807) is 7.11 Å². The monoisotopic (exact) mass is 223 g/mol. The van der Waals surface area contributed by atoms with E-state index in [2.05, 4.69) is 22.2 Å². The first-order valence-electron chi connectivity index (χ1n) is 5.86. The second-order valence-corrected chi connectivity index (χ2v) is 3.78. The van der Waals surface area contributed by atoms with Crippen LogP contribution in [0.1, 0.15) is 31.2 Å². The Balaban J connectivity index is 2.27. The van der Waals surface area contributed by atoms with Crippen LogP contribution in [0.4, 0.5) is 0 Å². The minimum atomic E-state index is 0.732. The Morgan fingerprint density at radius 2 is 2.06 bits per heavy atom. The maximum atomic E-state index is 4.95. The lowest BCUT2D eigenvalue weighted by Gasteiger charge is -2.04. The average Bonchev–Trinajstić information content (AvgIpc) is 2.33. The van der Waals surface area contributed by atoms with Crippen molar-refractivity contribution in [1.82, 2.24) is 15.3 Å². The third-order valence-corrected chi connectivity index (χ3v) is 2.32. The standard InChI is InChI=1S/C12H21N3O/c1-3-4-5-12-14-9-11(10-15-12)8-13-6-7-16-2/h9-10,13H,3-8H2,1-2H3. The summed E-state index contributed by atoms with van der Waals surface area (Å²) >= 11 is 0. The molecule has 4 nitrogen and oxygen atoms in total. The van der Waals surface area contributed by atoms with Gasteiger partial charge in [-0.15, -0.1) is 0 Å². The van der Waals surface area contributed by atoms with Gasteiger partial charge < -0.3 is 10.1 Å². The Bertz CT molecular complexity index is 274. The van der Waals surface area contributed by atoms with Crippen molar-refractivity contribution in [1.29, 1.82) is 0 Å². The van der Waals surface area contributed by atoms with E-state index in [1.807, 2.05) is 12.4 Å². The molecule has 0 aliphatic rings. The van der Waals surface area contributed by atoms with Crippen LogP contribution >= 0.6 is 0 Å². The van der Waals surface area contributed by atoms with Gasteiger partial charge in [0.05, 0.1) is 6.61 Å². The number of hydrogen-bond donors (Lipinski definition) is 1. The minimum absolute atomic E-state index is 0.732. The van der Waals surface area contributed by atoms with Gasteiger partial charge in [0.15, 0.2) is 0 Å². The van der Waals surface area contributed by atoms with E-state index in [1.165, 1.54) is 6.42 Å². The van der Waals surface area contributed by atoms with Gasteiger partial charge in [0.25, 0.3) is 0 Å². The van der Waals surface area contributed by atoms with Crippen molar-refractivity contribution in [3.05, 3.63) is 23.8 Å². The fraction of sp³-hybridized carbons (Fsp3) is 0.667. The van der Waals surface area contributed by atoms with Crippen molar-refractivity contribution in [2.45, 2.75) is 32.7 Å². The van der Waals surface area contributed by atoms with Crippen LogP contribution in [0.25, 0.3) is 0 Å². The van der Waals surface area contributed by atoms with Gasteiger partial charge in [-0.05, 0) is 6.42 Å². The zero-order chi connectivity index (χ0) is 11.6. The molecule has 0 bridgehead atoms. The Morgan fingerprint density at radius 3 is 2.69 bits per heavy atom. The van der Waals surface area contributed by atoms with Gasteiger partial charge in [-0.2, -0.15) is 0 Å². The highest BCUT2D eigenvalue weighted by Crippen LogP contribution is 2.00. The van der Waals surface area contributed by atoms with Crippen LogP contribution in [-0.2, 0) is 17.7 Å². The Kier molecular flexibility index (Phi) is 6.69. The Morgan fingerprint density at radius 1 is 1.31 bits per heavy atom. The second kappa shape index (κ2) is 8.19. The molecular formula is C12H21N3O. The lowest BCUT2D eigenvalue weighted by atomic mass is 10.2. The lowest BCUT2D eigenvalue weighted by molar-refractivity contribution is 0.199. The Labute approximate surface area is 97.5 Å². The number of nitrogens with one attached hydrogen (secondary N) is 1. The van der Waals surface area contributed by atoms with Crippen LogP contribution in [-0.4, -0.2) is 30.2 Å². The number of rotatable bonds is 8. The van der Waals surface area contributed by atoms with Gasteiger partial charge in [0.2, 0.25) is 0 Å². The first kappa shape index (κ1) is 13.1. The number of ether oxygens (including phenoxy) is 1. The van der Waals surface area contributed by atoms with E-state index in [-0.39, 0.29) is 0 Å². The van der Waals surface area contributed by atoms with Crippen LogP contribution < -0.4 is 5.32 Å². The number of aromatic nitrogens is 2. The molecular weight excluding hydrogens is 202 g/mol. The van der Waals surface area contributed by atoms with Crippen LogP contribution in [0, 0.1) is 0 Å². The average molecular weight is 223 g/mol. The quantitative estimate of drug-likeness (QED) is 0.679. The number of unbranched alkanes of at least 4 members (excludes halogenated alkanes) is 1. The summed E-state index contributed by atoms with van der Waals surface area (Å²) in [6.07, 6.45) is 7.12. The predicted octanol–water partition coefficient (Wildman–Crippen LogP) is 1.56. The van der Waals surface area contributed by atoms with E-state index >= 15 is 0 Å². The molecule has 0 aromatic carbocycles. The Hall–Kier alpha value is -1.00. The third-order valence-electron chi connectivity index (χ3n) is 2.32. The van der Waals surface area contributed by atoms with Crippen molar-refractivity contribution in [2.24, 2.45) is 0 Å². The summed E-state index contributed by atoms with van der Waals surface area (Å²) in [6.45, 7) is 4.56. The highest BCUT2D eigenvalue weighted by Gasteiger charge is 1.97. The molecule has 1 aromatic heterocycles. The molecule has 1 aromatic rings. The zero-order valence-corrected chi connectivity index (χ0v) is 10.2. The zero-order valence-electron chi connectivity index (χ0n) is 10.2. The molecule has 1 N–H and O–H groups in total. The molecule has 0 saturated carbocycles. The van der Waals surface area contributed by atoms with Gasteiger partial charge in [0.1, 0.15) is 5.82 Å². The van der Waals surface area contributed by atoms with E-state index in [0.29, 0.717) is 0 Å². The predicted molar refractivity (Wildman–Crippen MR) is 64.2 cm³/mol. The van der Waals surface area contributed by atoms with E-state index in [0.717, 1.165) is 43.9 Å². The van der Waals surface area contributed by atoms with Gasteiger partial charge in [-0.1, -0.05) is 13.3 Å². The molecule has 1 heterocycles. The topological polar surface area (TPSA) is 47.0 Å². The summed E-state index contributed by atoms with van der Waals surface area (Å²) in [5.74, 6) is 0.947. The largest absolute Gasteiger partial charge is 0.383 e. The van der Waals surface area contributed by atoms with Crippen LogP contribution in [0.15, 0.2) is 12.4 Å². The molecule has 0 fully saturated rings. The van der Waals surface area contributed by atoms with Crippen molar-refractivity contribution in [3.8, 4) is 0 Å². The molecule has 0 radical (unpaired) electrons. The molecule has 90 valence electrons. The summed E-state index contributed by atoms with van der Waals surface area (Å²) in [7, 11) is 1.70. The normalized spacial score (nSPS) is 10.6. The van der Waals surface area contributed by atoms with Gasteiger partial charge in [-0.25, -0.2) is 9.97 Å². The highest BCUT2D eigenvalue weighted by atomic mass is 16.5. The maximum Gasteiger partial charge on any atom is 0.128 e. The fourth-order valence-corrected chi connectivity index (χ4v) is 1.34. The van der Waals surface area contributed by atoms with Gasteiger partial charge in [-0.3, -0.25) is 0 Å². The number of methoxy groups -OCH3 is 1. The van der Waals surface area contributed by atoms with Gasteiger partial charge in [0, 0.05) is 44.6 Å². The number of nitrogens with zero attached hydrogens (tertiary/aromatic N) is 2. The van der Waals surface area contributed by atoms with Gasteiger partial charge >= 0.3 is 0 Å². The molecule has 1 rings (SSSR count). The molecule has 0 aliphatic carbocycles. The second-order valence-electron chi connectivity index (χ2n) is 3.78. The first-order chi connectivity index (χ1) is 7.86. The van der Waals surface area contributed by atoms with Crippen molar-refractivity contribution in [3.63, 3.8) is 0 Å². The SMILES string of the molecule is CCCCc1ncc(CNCCOC)cn1. The van der Waals surface area contributed by atoms with E-state index in [4.69, 9.17) is 4.74 Å². The molecule has 0 atom stereocenters. The van der Waals surface area contributed by atoms with Crippen molar-refractivity contribution < 1.29 is 4.74 Å². The molecule has 0 saturated heterocycles. The highest BCUT2D eigenvalue weighted by molar-refractivity contribution is 5.04. The molecule has 0 aliphatic heterocycles. The van der Waals surface area contributed by atoms with E-state index in [9.17, 15) is 0 Å². The van der Waals surface area contributed by atoms with Crippen molar-refractivity contribution >= 4 is 0 Å². The van der Waals surface area contributed by atoms with Crippen LogP contribution in [0.5, 0.6) is 0 Å². The first-order valence-corrected chi connectivity index (χ1v) is 5.86. The summed E-state index contributed by atoms with van der Waals surface area (Å²) in [4.78, 5) is 8.67. The third kappa shape index (κ3) is 5.19. The molecule has 4 heteroatoms. The van der Waals surface area contributed by atoms with E-state index < -0.39 is 0 Å². The summed E-state index contributed by atoms with van der Waals surface area (Å²) in [5.41, 5.74) is 1.12. The van der Waals surface area contributed by atoms with Crippen molar-refractivity contribution in [2.75, 3.05) is 20.3 Å². The molecule has 16 heavy (non-hydrogen) atoms. The smallest absolute Gasteiger partial charge is 0.128 e. The summed E-state index contributed by atoms with van der Waals surface area (Å²) in [6, 6.07) is 0. The molecule has 0 spiro atoms. The molecule has 0 unspecified atom stereocenters. The number of aryl methyl sites for hydroxylation is 1. The maximum absolute atomic E-state index is 4.95. The summed E-state index contributed by atoms with van der Waals surface area (Å²) in [5, 5.41) is 3.26. The van der Waals surface area contributed by atoms with Crippen LogP contribution in [0.2, 0.25) is 0 Å². The molecule has 0 amide bonds. The van der Waals surface area contributed by atoms with Crippen LogP contribution in [0.3, 0.4) is 0 Å². The number of hydrogen-bond acceptors (Lipinski definition) is 4. The summed E-state index contributed by atoms with van der Waals surface area (Å²) < 4.78 is 4.95. The fourth-order valence-electron chi connectivity index (χ4n) is 1.34.